The largest absolute Gasteiger partial charge is 0.367 e. The second-order valence-electron chi connectivity index (χ2n) is 5.28. The van der Waals surface area contributed by atoms with Gasteiger partial charge in [0.1, 0.15) is 11.4 Å². The number of benzene rings is 1. The van der Waals surface area contributed by atoms with Gasteiger partial charge in [-0.25, -0.2) is 4.39 Å². The Hall–Kier alpha value is -1.60. The molecule has 2 rings (SSSR count). The van der Waals surface area contributed by atoms with Gasteiger partial charge in [-0.3, -0.25) is 0 Å². The van der Waals surface area contributed by atoms with Crippen molar-refractivity contribution in [3.63, 3.8) is 0 Å². The van der Waals surface area contributed by atoms with Gasteiger partial charge in [0.25, 0.3) is 0 Å². The molecule has 1 aromatic carbocycles. The number of hydrogen-bond donors (Lipinski definition) is 2. The van der Waals surface area contributed by atoms with Crippen molar-refractivity contribution in [1.82, 2.24) is 5.32 Å². The summed E-state index contributed by atoms with van der Waals surface area (Å²) in [5.41, 5.74) is 0.956. The monoisotopic (exact) mass is 261 g/mol. The van der Waals surface area contributed by atoms with Crippen LogP contribution in [0.5, 0.6) is 0 Å². The zero-order valence-electron chi connectivity index (χ0n) is 11.5. The van der Waals surface area contributed by atoms with E-state index in [0.717, 1.165) is 31.5 Å². The van der Waals surface area contributed by atoms with Crippen molar-refractivity contribution in [3.05, 3.63) is 29.6 Å². The molecule has 0 saturated carbocycles. The van der Waals surface area contributed by atoms with E-state index in [0.29, 0.717) is 5.69 Å². The molecule has 1 heterocycles. The van der Waals surface area contributed by atoms with Crippen molar-refractivity contribution in [1.29, 1.82) is 5.26 Å². The van der Waals surface area contributed by atoms with Crippen LogP contribution in [0.25, 0.3) is 0 Å². The summed E-state index contributed by atoms with van der Waals surface area (Å²) < 4.78 is 13.5. The van der Waals surface area contributed by atoms with Crippen LogP contribution >= 0.6 is 0 Å². The Morgan fingerprint density at radius 2 is 2.32 bits per heavy atom. The number of hydrogen-bond acceptors (Lipinski definition) is 3. The Balaban J connectivity index is 2.29. The molecule has 19 heavy (non-hydrogen) atoms. The van der Waals surface area contributed by atoms with Crippen molar-refractivity contribution in [2.45, 2.75) is 32.2 Å². The molecule has 1 fully saturated rings. The maximum atomic E-state index is 13.5. The summed E-state index contributed by atoms with van der Waals surface area (Å²) in [6.07, 6.45) is 1.65. The standard InChI is InChI=1S/C15H20FN3/c1-3-12-9-18-5-4-15(12,10-17)19-14-7-11(2)6-13(16)8-14/h6-8,12,18-19H,3-5,9H2,1-2H3. The highest BCUT2D eigenvalue weighted by Gasteiger charge is 2.40. The molecule has 0 aliphatic carbocycles. The van der Waals surface area contributed by atoms with Gasteiger partial charge in [0, 0.05) is 18.2 Å². The van der Waals surface area contributed by atoms with E-state index in [9.17, 15) is 9.65 Å². The topological polar surface area (TPSA) is 47.9 Å². The van der Waals surface area contributed by atoms with Crippen LogP contribution in [0.3, 0.4) is 0 Å². The Labute approximate surface area is 113 Å². The minimum atomic E-state index is -0.597. The van der Waals surface area contributed by atoms with Gasteiger partial charge >= 0.3 is 0 Å². The third kappa shape index (κ3) is 2.87. The van der Waals surface area contributed by atoms with Crippen molar-refractivity contribution in [3.8, 4) is 6.07 Å². The Morgan fingerprint density at radius 1 is 1.53 bits per heavy atom. The number of piperidine rings is 1. The van der Waals surface area contributed by atoms with Gasteiger partial charge in [-0.1, -0.05) is 6.92 Å². The molecule has 0 amide bonds. The summed E-state index contributed by atoms with van der Waals surface area (Å²) in [4.78, 5) is 0. The fourth-order valence-corrected chi connectivity index (χ4v) is 2.84. The molecular weight excluding hydrogens is 241 g/mol. The molecule has 0 radical (unpaired) electrons. The summed E-state index contributed by atoms with van der Waals surface area (Å²) >= 11 is 0. The van der Waals surface area contributed by atoms with Crippen LogP contribution in [0.4, 0.5) is 10.1 Å². The van der Waals surface area contributed by atoms with Gasteiger partial charge in [0.05, 0.1) is 6.07 Å². The highest BCUT2D eigenvalue weighted by Crippen LogP contribution is 2.31. The molecular formula is C15H20FN3. The number of aryl methyl sites for hydroxylation is 1. The lowest BCUT2D eigenvalue weighted by Crippen LogP contribution is -2.54. The molecule has 2 N–H and O–H groups in total. The predicted molar refractivity (Wildman–Crippen MR) is 74.4 cm³/mol. The smallest absolute Gasteiger partial charge is 0.130 e. The molecule has 1 aliphatic heterocycles. The number of anilines is 1. The maximum Gasteiger partial charge on any atom is 0.130 e. The van der Waals surface area contributed by atoms with E-state index in [1.54, 1.807) is 0 Å². The Bertz CT molecular complexity index is 474. The minimum absolute atomic E-state index is 0.231. The van der Waals surface area contributed by atoms with Crippen molar-refractivity contribution in [2.24, 2.45) is 5.92 Å². The number of halogens is 1. The van der Waals surface area contributed by atoms with Gasteiger partial charge in [-0.2, -0.15) is 5.26 Å². The van der Waals surface area contributed by atoms with E-state index in [-0.39, 0.29) is 11.7 Å². The van der Waals surface area contributed by atoms with Crippen LogP contribution in [0.1, 0.15) is 25.3 Å². The summed E-state index contributed by atoms with van der Waals surface area (Å²) in [5.74, 6) is -0.0348. The van der Waals surface area contributed by atoms with E-state index in [2.05, 4.69) is 23.6 Å². The van der Waals surface area contributed by atoms with Crippen LogP contribution in [0.2, 0.25) is 0 Å². The number of rotatable bonds is 3. The molecule has 4 heteroatoms. The summed E-state index contributed by atoms with van der Waals surface area (Å²) in [7, 11) is 0. The molecule has 1 saturated heterocycles. The lowest BCUT2D eigenvalue weighted by Gasteiger charge is -2.40. The third-order valence-corrected chi connectivity index (χ3v) is 3.89. The lowest BCUT2D eigenvalue weighted by molar-refractivity contribution is 0.276. The van der Waals surface area contributed by atoms with Gasteiger partial charge < -0.3 is 10.6 Å². The van der Waals surface area contributed by atoms with Crippen LogP contribution in [0, 0.1) is 30.0 Å². The number of nitriles is 1. The number of nitrogens with zero attached hydrogens (tertiary/aromatic N) is 1. The first-order chi connectivity index (χ1) is 9.09. The van der Waals surface area contributed by atoms with Gasteiger partial charge in [0.15, 0.2) is 0 Å². The molecule has 2 atom stereocenters. The fraction of sp³-hybridized carbons (Fsp3) is 0.533. The van der Waals surface area contributed by atoms with E-state index in [1.807, 2.05) is 13.0 Å². The van der Waals surface area contributed by atoms with Crippen molar-refractivity contribution in [2.75, 3.05) is 18.4 Å². The van der Waals surface area contributed by atoms with Gasteiger partial charge in [-0.15, -0.1) is 0 Å². The normalized spacial score (nSPS) is 26.7. The zero-order valence-corrected chi connectivity index (χ0v) is 11.5. The fourth-order valence-electron chi connectivity index (χ4n) is 2.84. The highest BCUT2D eigenvalue weighted by atomic mass is 19.1. The molecule has 2 unspecified atom stereocenters. The van der Waals surface area contributed by atoms with Crippen LogP contribution < -0.4 is 10.6 Å². The van der Waals surface area contributed by atoms with E-state index in [4.69, 9.17) is 0 Å². The van der Waals surface area contributed by atoms with E-state index in [1.165, 1.54) is 12.1 Å². The quantitative estimate of drug-likeness (QED) is 0.879. The molecule has 0 bridgehead atoms. The average Bonchev–Trinajstić information content (AvgIpc) is 2.38. The summed E-state index contributed by atoms with van der Waals surface area (Å²) in [6, 6.07) is 7.27. The molecule has 0 aromatic heterocycles. The first-order valence-corrected chi connectivity index (χ1v) is 6.77. The van der Waals surface area contributed by atoms with Crippen LogP contribution in [-0.4, -0.2) is 18.6 Å². The zero-order chi connectivity index (χ0) is 13.9. The molecule has 1 aliphatic rings. The molecule has 0 spiro atoms. The van der Waals surface area contributed by atoms with Crippen molar-refractivity contribution < 1.29 is 4.39 Å². The second kappa shape index (κ2) is 5.58. The van der Waals surface area contributed by atoms with Gasteiger partial charge in [0.2, 0.25) is 0 Å². The maximum absolute atomic E-state index is 13.5. The van der Waals surface area contributed by atoms with Crippen LogP contribution in [0.15, 0.2) is 18.2 Å². The highest BCUT2D eigenvalue weighted by molar-refractivity contribution is 5.50. The second-order valence-corrected chi connectivity index (χ2v) is 5.28. The lowest BCUT2D eigenvalue weighted by atomic mass is 9.78. The first kappa shape index (κ1) is 13.8. The SMILES string of the molecule is CCC1CNCCC1(C#N)Nc1cc(C)cc(F)c1. The Morgan fingerprint density at radius 3 is 2.95 bits per heavy atom. The first-order valence-electron chi connectivity index (χ1n) is 6.77. The third-order valence-electron chi connectivity index (χ3n) is 3.89. The van der Waals surface area contributed by atoms with Crippen LogP contribution in [-0.2, 0) is 0 Å². The average molecular weight is 261 g/mol. The molecule has 1 aromatic rings. The number of nitrogens with one attached hydrogen (secondary N) is 2. The van der Waals surface area contributed by atoms with E-state index < -0.39 is 5.54 Å². The van der Waals surface area contributed by atoms with Crippen molar-refractivity contribution >= 4 is 5.69 Å². The molecule has 102 valence electrons. The van der Waals surface area contributed by atoms with E-state index >= 15 is 0 Å². The minimum Gasteiger partial charge on any atom is -0.367 e. The van der Waals surface area contributed by atoms with Gasteiger partial charge in [-0.05, 0) is 50.1 Å². The Kier molecular flexibility index (Phi) is 4.06. The summed E-state index contributed by atoms with van der Waals surface area (Å²) in [5, 5.41) is 16.2. The predicted octanol–water partition coefficient (Wildman–Crippen LogP) is 2.83. The molecule has 3 nitrogen and oxygen atoms in total. The summed E-state index contributed by atoms with van der Waals surface area (Å²) in [6.45, 7) is 5.58.